The average Bonchev–Trinajstić information content (AvgIpc) is 2.44. The van der Waals surface area contributed by atoms with Crippen LogP contribution in [0, 0.1) is 10.8 Å². The molecule has 1 saturated carbocycles. The number of rotatable bonds is 3. The van der Waals surface area contributed by atoms with Crippen molar-refractivity contribution in [3.05, 3.63) is 0 Å². The Morgan fingerprint density at radius 3 is 1.75 bits per heavy atom. The summed E-state index contributed by atoms with van der Waals surface area (Å²) in [5, 5.41) is 0. The quantitative estimate of drug-likeness (QED) is 0.709. The molecule has 0 aromatic carbocycles. The lowest BCUT2D eigenvalue weighted by Gasteiger charge is -2.29. The standard InChI is InChI=1S/C13H24F2O/c1-10(2,3)7-12(8-13(12,14)15)9-16-11(4,5)6/h7-9H2,1-6H3. The average molecular weight is 234 g/mol. The van der Waals surface area contributed by atoms with Crippen LogP contribution in [-0.4, -0.2) is 18.1 Å². The summed E-state index contributed by atoms with van der Waals surface area (Å²) >= 11 is 0. The molecule has 0 aromatic heterocycles. The van der Waals surface area contributed by atoms with Crippen LogP contribution in [0.25, 0.3) is 0 Å². The third-order valence-electron chi connectivity index (χ3n) is 2.86. The fourth-order valence-corrected chi connectivity index (χ4v) is 2.15. The summed E-state index contributed by atoms with van der Waals surface area (Å²) in [5.74, 6) is -2.54. The Balaban J connectivity index is 2.64. The van der Waals surface area contributed by atoms with Gasteiger partial charge in [0, 0.05) is 6.42 Å². The maximum absolute atomic E-state index is 13.5. The summed E-state index contributed by atoms with van der Waals surface area (Å²) in [7, 11) is 0. The Hall–Kier alpha value is -0.180. The van der Waals surface area contributed by atoms with Gasteiger partial charge in [-0.05, 0) is 32.6 Å². The van der Waals surface area contributed by atoms with E-state index in [9.17, 15) is 8.78 Å². The van der Waals surface area contributed by atoms with E-state index in [1.807, 2.05) is 41.5 Å². The molecule has 0 radical (unpaired) electrons. The van der Waals surface area contributed by atoms with Gasteiger partial charge in [0.25, 0.3) is 5.92 Å². The highest BCUT2D eigenvalue weighted by Crippen LogP contribution is 2.65. The van der Waals surface area contributed by atoms with E-state index in [2.05, 4.69) is 0 Å². The predicted molar refractivity (Wildman–Crippen MR) is 61.8 cm³/mol. The molecule has 1 fully saturated rings. The molecular weight excluding hydrogens is 210 g/mol. The maximum atomic E-state index is 13.5. The zero-order valence-corrected chi connectivity index (χ0v) is 11.3. The number of hydrogen-bond donors (Lipinski definition) is 0. The SMILES string of the molecule is CC(C)(C)CC1(COC(C)(C)C)CC1(F)F. The monoisotopic (exact) mass is 234 g/mol. The van der Waals surface area contributed by atoms with Crippen LogP contribution in [-0.2, 0) is 4.74 Å². The molecule has 1 atom stereocenters. The molecule has 1 nitrogen and oxygen atoms in total. The first-order chi connectivity index (χ1) is 6.87. The molecule has 0 aromatic rings. The van der Waals surface area contributed by atoms with Crippen molar-refractivity contribution in [2.24, 2.45) is 10.8 Å². The van der Waals surface area contributed by atoms with Crippen LogP contribution >= 0.6 is 0 Å². The van der Waals surface area contributed by atoms with Crippen molar-refractivity contribution in [1.29, 1.82) is 0 Å². The minimum absolute atomic E-state index is 0.0205. The van der Waals surface area contributed by atoms with Crippen LogP contribution in [0.4, 0.5) is 8.78 Å². The van der Waals surface area contributed by atoms with Gasteiger partial charge in [0.05, 0.1) is 17.6 Å². The summed E-state index contributed by atoms with van der Waals surface area (Å²) in [6, 6.07) is 0. The molecule has 0 amide bonds. The molecule has 0 aliphatic heterocycles. The summed E-state index contributed by atoms with van der Waals surface area (Å²) in [4.78, 5) is 0. The Labute approximate surface area is 97.6 Å². The van der Waals surface area contributed by atoms with Gasteiger partial charge >= 0.3 is 0 Å². The molecule has 0 N–H and O–H groups in total. The summed E-state index contributed by atoms with van der Waals surface area (Å²) in [6.07, 6.45) is 0.496. The summed E-state index contributed by atoms with van der Waals surface area (Å²) in [6.45, 7) is 11.9. The van der Waals surface area contributed by atoms with Crippen LogP contribution in [0.1, 0.15) is 54.4 Å². The molecule has 1 unspecified atom stereocenters. The van der Waals surface area contributed by atoms with Gasteiger partial charge in [-0.3, -0.25) is 0 Å². The molecule has 0 bridgehead atoms. The maximum Gasteiger partial charge on any atom is 0.256 e. The number of halogens is 2. The van der Waals surface area contributed by atoms with E-state index in [0.717, 1.165) is 0 Å². The van der Waals surface area contributed by atoms with Gasteiger partial charge in [-0.15, -0.1) is 0 Å². The van der Waals surface area contributed by atoms with Crippen LogP contribution in [0.5, 0.6) is 0 Å². The van der Waals surface area contributed by atoms with Crippen LogP contribution in [0.15, 0.2) is 0 Å². The fraction of sp³-hybridized carbons (Fsp3) is 1.00. The third-order valence-corrected chi connectivity index (χ3v) is 2.86. The van der Waals surface area contributed by atoms with Crippen molar-refractivity contribution in [1.82, 2.24) is 0 Å². The van der Waals surface area contributed by atoms with Gasteiger partial charge in [0.15, 0.2) is 0 Å². The molecule has 3 heteroatoms. The molecule has 96 valence electrons. The topological polar surface area (TPSA) is 9.23 Å². The number of hydrogen-bond acceptors (Lipinski definition) is 1. The highest BCUT2D eigenvalue weighted by atomic mass is 19.3. The first-order valence-corrected chi connectivity index (χ1v) is 5.89. The van der Waals surface area contributed by atoms with E-state index < -0.39 is 11.3 Å². The van der Waals surface area contributed by atoms with E-state index in [-0.39, 0.29) is 24.0 Å². The van der Waals surface area contributed by atoms with Crippen LogP contribution in [0.2, 0.25) is 0 Å². The van der Waals surface area contributed by atoms with Crippen LogP contribution in [0.3, 0.4) is 0 Å². The fourth-order valence-electron chi connectivity index (χ4n) is 2.15. The number of ether oxygens (including phenoxy) is 1. The molecule has 0 heterocycles. The molecule has 0 saturated heterocycles. The Morgan fingerprint density at radius 2 is 1.50 bits per heavy atom. The largest absolute Gasteiger partial charge is 0.375 e. The van der Waals surface area contributed by atoms with Crippen molar-refractivity contribution in [2.45, 2.75) is 65.9 Å². The van der Waals surface area contributed by atoms with Gasteiger partial charge in [-0.1, -0.05) is 20.8 Å². The minimum Gasteiger partial charge on any atom is -0.375 e. The van der Waals surface area contributed by atoms with E-state index >= 15 is 0 Å². The van der Waals surface area contributed by atoms with Crippen molar-refractivity contribution in [3.63, 3.8) is 0 Å². The highest BCUT2D eigenvalue weighted by molar-refractivity contribution is 5.11. The second kappa shape index (κ2) is 3.66. The molecule has 0 spiro atoms. The normalized spacial score (nSPS) is 29.2. The Kier molecular flexibility index (Phi) is 3.17. The molecule has 16 heavy (non-hydrogen) atoms. The zero-order valence-electron chi connectivity index (χ0n) is 11.3. The van der Waals surface area contributed by atoms with Gasteiger partial charge in [-0.2, -0.15) is 0 Å². The van der Waals surface area contributed by atoms with E-state index in [1.165, 1.54) is 0 Å². The first-order valence-electron chi connectivity index (χ1n) is 5.89. The Morgan fingerprint density at radius 1 is 1.06 bits per heavy atom. The molecular formula is C13H24F2O. The van der Waals surface area contributed by atoms with Gasteiger partial charge in [0.2, 0.25) is 0 Å². The minimum atomic E-state index is -2.54. The molecule has 1 aliphatic carbocycles. The van der Waals surface area contributed by atoms with E-state index in [1.54, 1.807) is 0 Å². The predicted octanol–water partition coefficient (Wildman–Crippen LogP) is 4.26. The Bertz CT molecular complexity index is 260. The lowest BCUT2D eigenvalue weighted by atomic mass is 9.82. The van der Waals surface area contributed by atoms with Gasteiger partial charge in [0.1, 0.15) is 0 Å². The third kappa shape index (κ3) is 3.41. The highest BCUT2D eigenvalue weighted by Gasteiger charge is 2.71. The van der Waals surface area contributed by atoms with Crippen molar-refractivity contribution in [2.75, 3.05) is 6.61 Å². The number of alkyl halides is 2. The first kappa shape index (κ1) is 13.9. The summed E-state index contributed by atoms with van der Waals surface area (Å²) < 4.78 is 32.5. The zero-order chi connectivity index (χ0) is 12.8. The smallest absolute Gasteiger partial charge is 0.256 e. The molecule has 1 aliphatic rings. The van der Waals surface area contributed by atoms with Crippen molar-refractivity contribution >= 4 is 0 Å². The molecule has 1 rings (SSSR count). The summed E-state index contributed by atoms with van der Waals surface area (Å²) in [5.41, 5.74) is -1.34. The van der Waals surface area contributed by atoms with E-state index in [0.29, 0.717) is 6.42 Å². The van der Waals surface area contributed by atoms with Crippen LogP contribution < -0.4 is 0 Å². The van der Waals surface area contributed by atoms with Gasteiger partial charge in [-0.25, -0.2) is 8.78 Å². The second-order valence-electron chi connectivity index (χ2n) is 7.30. The lowest BCUT2D eigenvalue weighted by molar-refractivity contribution is -0.0660. The lowest BCUT2D eigenvalue weighted by Crippen LogP contribution is -2.30. The van der Waals surface area contributed by atoms with Gasteiger partial charge < -0.3 is 4.74 Å². The van der Waals surface area contributed by atoms with E-state index in [4.69, 9.17) is 4.74 Å². The second-order valence-corrected chi connectivity index (χ2v) is 7.30. The van der Waals surface area contributed by atoms with Crippen molar-refractivity contribution in [3.8, 4) is 0 Å². The van der Waals surface area contributed by atoms with Crippen molar-refractivity contribution < 1.29 is 13.5 Å².